The lowest BCUT2D eigenvalue weighted by atomic mass is 9.56. The van der Waals surface area contributed by atoms with Gasteiger partial charge in [-0.2, -0.15) is 0 Å². The monoisotopic (exact) mass is 189 g/mol. The number of halogens is 1. The highest BCUT2D eigenvalue weighted by Gasteiger charge is 2.43. The number of rotatable bonds is 1. The van der Waals surface area contributed by atoms with Crippen LogP contribution in [0.3, 0.4) is 0 Å². The van der Waals surface area contributed by atoms with Crippen LogP contribution in [-0.4, -0.2) is 6.54 Å². The van der Waals surface area contributed by atoms with Crippen molar-refractivity contribution < 1.29 is 0 Å². The van der Waals surface area contributed by atoms with Crippen LogP contribution in [0, 0.1) is 11.3 Å². The summed E-state index contributed by atoms with van der Waals surface area (Å²) in [7, 11) is 0. The van der Waals surface area contributed by atoms with Crippen LogP contribution < -0.4 is 5.73 Å². The highest BCUT2D eigenvalue weighted by atomic mass is 35.5. The van der Waals surface area contributed by atoms with Gasteiger partial charge in [-0.3, -0.25) is 0 Å². The van der Waals surface area contributed by atoms with E-state index in [0.717, 1.165) is 17.9 Å². The molecule has 1 nitrogen and oxygen atoms in total. The molecule has 0 aromatic carbocycles. The largest absolute Gasteiger partial charge is 0.330 e. The summed E-state index contributed by atoms with van der Waals surface area (Å²) in [6.45, 7) is 0.932. The molecule has 0 heterocycles. The third kappa shape index (κ3) is 1.77. The summed E-state index contributed by atoms with van der Waals surface area (Å²) in [5, 5.41) is 0. The Morgan fingerprint density at radius 2 is 1.67 bits per heavy atom. The Bertz CT molecular complexity index is 133. The van der Waals surface area contributed by atoms with E-state index in [2.05, 4.69) is 0 Å². The maximum atomic E-state index is 5.62. The first kappa shape index (κ1) is 10.3. The topological polar surface area (TPSA) is 26.0 Å². The first-order valence-electron chi connectivity index (χ1n) is 5.05. The van der Waals surface area contributed by atoms with Gasteiger partial charge in [-0.25, -0.2) is 0 Å². The van der Waals surface area contributed by atoms with Gasteiger partial charge in [0, 0.05) is 0 Å². The van der Waals surface area contributed by atoms with Crippen LogP contribution >= 0.6 is 12.4 Å². The van der Waals surface area contributed by atoms with Crippen LogP contribution in [0.25, 0.3) is 0 Å². The molecule has 2 fully saturated rings. The van der Waals surface area contributed by atoms with Crippen LogP contribution in [-0.2, 0) is 0 Å². The van der Waals surface area contributed by atoms with Crippen molar-refractivity contribution in [1.29, 1.82) is 0 Å². The fourth-order valence-electron chi connectivity index (χ4n) is 3.04. The third-order valence-corrected chi connectivity index (χ3v) is 3.69. The molecule has 0 saturated heterocycles. The van der Waals surface area contributed by atoms with Crippen molar-refractivity contribution in [2.45, 2.75) is 44.9 Å². The zero-order valence-electron chi connectivity index (χ0n) is 7.72. The number of hydrogen-bond acceptors (Lipinski definition) is 1. The summed E-state index contributed by atoms with van der Waals surface area (Å²) in [6, 6.07) is 0. The molecule has 0 bridgehead atoms. The van der Waals surface area contributed by atoms with Crippen LogP contribution in [0.4, 0.5) is 0 Å². The van der Waals surface area contributed by atoms with Crippen molar-refractivity contribution in [3.05, 3.63) is 0 Å². The van der Waals surface area contributed by atoms with E-state index in [1.807, 2.05) is 0 Å². The molecule has 0 aromatic rings. The summed E-state index contributed by atoms with van der Waals surface area (Å²) < 4.78 is 0. The Morgan fingerprint density at radius 3 is 2.17 bits per heavy atom. The van der Waals surface area contributed by atoms with Crippen molar-refractivity contribution in [2.24, 2.45) is 17.1 Å². The third-order valence-electron chi connectivity index (χ3n) is 3.69. The van der Waals surface area contributed by atoms with Crippen LogP contribution in [0.2, 0.25) is 0 Å². The Labute approximate surface area is 81.5 Å². The SMILES string of the molecule is Cl.NCC1CC2(CCCCC2)C1. The van der Waals surface area contributed by atoms with Crippen molar-refractivity contribution in [3.63, 3.8) is 0 Å². The van der Waals surface area contributed by atoms with E-state index in [1.54, 1.807) is 0 Å². The van der Waals surface area contributed by atoms with Crippen molar-refractivity contribution in [1.82, 2.24) is 0 Å². The zero-order valence-corrected chi connectivity index (χ0v) is 8.54. The molecular weight excluding hydrogens is 170 g/mol. The van der Waals surface area contributed by atoms with Crippen molar-refractivity contribution >= 4 is 12.4 Å². The van der Waals surface area contributed by atoms with E-state index in [1.165, 1.54) is 44.9 Å². The second-order valence-corrected chi connectivity index (χ2v) is 4.57. The van der Waals surface area contributed by atoms with Crippen molar-refractivity contribution in [3.8, 4) is 0 Å². The normalized spacial score (nSPS) is 27.8. The van der Waals surface area contributed by atoms with Crippen molar-refractivity contribution in [2.75, 3.05) is 6.54 Å². The molecule has 0 unspecified atom stereocenters. The van der Waals surface area contributed by atoms with Gasteiger partial charge < -0.3 is 5.73 Å². The summed E-state index contributed by atoms with van der Waals surface area (Å²) in [6.07, 6.45) is 10.4. The molecule has 72 valence electrons. The van der Waals surface area contributed by atoms with E-state index in [9.17, 15) is 0 Å². The summed E-state index contributed by atoms with van der Waals surface area (Å²) in [4.78, 5) is 0. The Morgan fingerprint density at radius 1 is 1.08 bits per heavy atom. The average molecular weight is 190 g/mol. The lowest BCUT2D eigenvalue weighted by Gasteiger charge is -2.50. The van der Waals surface area contributed by atoms with E-state index in [0.29, 0.717) is 0 Å². The fraction of sp³-hybridized carbons (Fsp3) is 1.00. The van der Waals surface area contributed by atoms with Crippen LogP contribution in [0.1, 0.15) is 44.9 Å². The van der Waals surface area contributed by atoms with E-state index >= 15 is 0 Å². The van der Waals surface area contributed by atoms with E-state index in [-0.39, 0.29) is 12.4 Å². The lowest BCUT2D eigenvalue weighted by Crippen LogP contribution is -2.41. The van der Waals surface area contributed by atoms with E-state index < -0.39 is 0 Å². The number of hydrogen-bond donors (Lipinski definition) is 1. The van der Waals surface area contributed by atoms with Gasteiger partial charge in [0.1, 0.15) is 0 Å². The second-order valence-electron chi connectivity index (χ2n) is 4.57. The molecule has 0 radical (unpaired) electrons. The highest BCUT2D eigenvalue weighted by Crippen LogP contribution is 2.54. The quantitative estimate of drug-likeness (QED) is 0.675. The summed E-state index contributed by atoms with van der Waals surface area (Å²) >= 11 is 0. The minimum Gasteiger partial charge on any atom is -0.330 e. The molecule has 0 atom stereocenters. The molecule has 0 aromatic heterocycles. The molecule has 2 aliphatic carbocycles. The van der Waals surface area contributed by atoms with Gasteiger partial charge in [0.05, 0.1) is 0 Å². The first-order valence-corrected chi connectivity index (χ1v) is 5.05. The van der Waals surface area contributed by atoms with Crippen LogP contribution in [0.15, 0.2) is 0 Å². The van der Waals surface area contributed by atoms with Gasteiger partial charge in [-0.1, -0.05) is 19.3 Å². The standard InChI is InChI=1S/C10H19N.ClH/c11-8-9-6-10(7-9)4-2-1-3-5-10;/h9H,1-8,11H2;1H. The predicted octanol–water partition coefficient (Wildman–Crippen LogP) is 2.73. The molecule has 1 spiro atoms. The van der Waals surface area contributed by atoms with Gasteiger partial charge in [0.25, 0.3) is 0 Å². The van der Waals surface area contributed by atoms with Gasteiger partial charge >= 0.3 is 0 Å². The summed E-state index contributed by atoms with van der Waals surface area (Å²) in [5.74, 6) is 0.882. The molecule has 2 heteroatoms. The Hall–Kier alpha value is 0.250. The smallest absolute Gasteiger partial charge is 0.00485 e. The van der Waals surface area contributed by atoms with E-state index in [4.69, 9.17) is 5.73 Å². The Balaban J connectivity index is 0.000000720. The molecule has 2 rings (SSSR count). The molecular formula is C10H20ClN. The van der Waals surface area contributed by atoms with Gasteiger partial charge in [-0.15, -0.1) is 12.4 Å². The van der Waals surface area contributed by atoms with Gasteiger partial charge in [-0.05, 0) is 43.6 Å². The molecule has 12 heavy (non-hydrogen) atoms. The molecule has 2 saturated carbocycles. The second kappa shape index (κ2) is 3.97. The van der Waals surface area contributed by atoms with Gasteiger partial charge in [0.2, 0.25) is 0 Å². The minimum absolute atomic E-state index is 0. The lowest BCUT2D eigenvalue weighted by molar-refractivity contribution is 0.0195. The van der Waals surface area contributed by atoms with Crippen LogP contribution in [0.5, 0.6) is 0 Å². The zero-order chi connectivity index (χ0) is 7.73. The molecule has 0 amide bonds. The fourth-order valence-corrected chi connectivity index (χ4v) is 3.04. The van der Waals surface area contributed by atoms with Gasteiger partial charge in [0.15, 0.2) is 0 Å². The average Bonchev–Trinajstić information content (AvgIpc) is 2.01. The minimum atomic E-state index is 0. The molecule has 0 aliphatic heterocycles. The Kier molecular flexibility index (Phi) is 3.42. The molecule has 2 N–H and O–H groups in total. The number of nitrogens with two attached hydrogens (primary N) is 1. The maximum absolute atomic E-state index is 5.62. The summed E-state index contributed by atoms with van der Waals surface area (Å²) in [5.41, 5.74) is 6.42. The predicted molar refractivity (Wildman–Crippen MR) is 54.5 cm³/mol. The first-order chi connectivity index (χ1) is 5.35. The molecule has 2 aliphatic rings. The highest BCUT2D eigenvalue weighted by molar-refractivity contribution is 5.85. The maximum Gasteiger partial charge on any atom is -0.00485 e.